The highest BCUT2D eigenvalue weighted by molar-refractivity contribution is 7.99. The van der Waals surface area contributed by atoms with Crippen molar-refractivity contribution in [2.24, 2.45) is 5.10 Å². The number of nitrogens with one attached hydrogen (secondary N) is 3. The standard InChI is InChI=1S/C21H24N6OS/c1-3-15(2)17-9-11-18(12-10-17)23-19(28)14-29-21-24-20(26-27-21)25-22-13-16-7-5-4-6-8-16/h4-13,15H,3,14H2,1-2H3,(H,23,28)(H2,24,25,26,27)/b22-13-/t15-/m0/s1. The summed E-state index contributed by atoms with van der Waals surface area (Å²) in [6, 6.07) is 17.7. The molecule has 0 aliphatic heterocycles. The lowest BCUT2D eigenvalue weighted by atomic mass is 9.99. The lowest BCUT2D eigenvalue weighted by Crippen LogP contribution is -2.14. The molecule has 0 bridgehead atoms. The maximum absolute atomic E-state index is 12.2. The molecule has 3 rings (SSSR count). The van der Waals surface area contributed by atoms with Crippen LogP contribution in [0.25, 0.3) is 0 Å². The number of anilines is 2. The van der Waals surface area contributed by atoms with Crippen LogP contribution in [0.5, 0.6) is 0 Å². The van der Waals surface area contributed by atoms with E-state index in [4.69, 9.17) is 0 Å². The van der Waals surface area contributed by atoms with Gasteiger partial charge in [0.2, 0.25) is 17.0 Å². The second kappa shape index (κ2) is 10.4. The summed E-state index contributed by atoms with van der Waals surface area (Å²) in [5, 5.41) is 14.3. The number of rotatable bonds is 9. The third kappa shape index (κ3) is 6.46. The first-order chi connectivity index (χ1) is 14.1. The molecular formula is C21H24N6OS. The molecule has 0 fully saturated rings. The number of carbonyl (C=O) groups is 1. The Kier molecular flexibility index (Phi) is 7.40. The Hall–Kier alpha value is -3.13. The molecule has 7 nitrogen and oxygen atoms in total. The normalized spacial score (nSPS) is 12.1. The number of hydrazone groups is 1. The number of benzene rings is 2. The number of H-pyrrole nitrogens is 1. The van der Waals surface area contributed by atoms with Gasteiger partial charge >= 0.3 is 0 Å². The van der Waals surface area contributed by atoms with Crippen molar-refractivity contribution in [2.75, 3.05) is 16.5 Å². The van der Waals surface area contributed by atoms with Crippen molar-refractivity contribution in [1.29, 1.82) is 0 Å². The Morgan fingerprint density at radius 2 is 1.97 bits per heavy atom. The minimum Gasteiger partial charge on any atom is -0.325 e. The maximum Gasteiger partial charge on any atom is 0.240 e. The molecule has 150 valence electrons. The van der Waals surface area contributed by atoms with Crippen LogP contribution in [0.4, 0.5) is 11.6 Å². The molecule has 3 aromatic rings. The minimum atomic E-state index is -0.104. The number of nitrogens with zero attached hydrogens (tertiary/aromatic N) is 3. The van der Waals surface area contributed by atoms with Gasteiger partial charge < -0.3 is 5.32 Å². The maximum atomic E-state index is 12.2. The van der Waals surface area contributed by atoms with E-state index in [1.54, 1.807) is 6.21 Å². The molecular weight excluding hydrogens is 384 g/mol. The summed E-state index contributed by atoms with van der Waals surface area (Å²) in [4.78, 5) is 16.4. The van der Waals surface area contributed by atoms with Crippen molar-refractivity contribution in [2.45, 2.75) is 31.3 Å². The van der Waals surface area contributed by atoms with Crippen LogP contribution >= 0.6 is 11.8 Å². The van der Waals surface area contributed by atoms with Crippen LogP contribution in [0.1, 0.15) is 37.3 Å². The van der Waals surface area contributed by atoms with Gasteiger partial charge in [-0.1, -0.05) is 68.1 Å². The van der Waals surface area contributed by atoms with Crippen molar-refractivity contribution in [1.82, 2.24) is 15.2 Å². The fourth-order valence-electron chi connectivity index (χ4n) is 2.53. The van der Waals surface area contributed by atoms with Crippen LogP contribution < -0.4 is 10.7 Å². The molecule has 0 aliphatic rings. The highest BCUT2D eigenvalue weighted by Gasteiger charge is 2.09. The lowest BCUT2D eigenvalue weighted by Gasteiger charge is -2.10. The fourth-order valence-corrected chi connectivity index (χ4v) is 3.12. The number of amides is 1. The zero-order chi connectivity index (χ0) is 20.5. The SMILES string of the molecule is CC[C@H](C)c1ccc(NC(=O)CSc2n[nH]c(N/N=C\c3ccccc3)n2)cc1. The molecule has 1 aromatic heterocycles. The minimum absolute atomic E-state index is 0.104. The Balaban J connectivity index is 1.44. The number of aromatic nitrogens is 3. The highest BCUT2D eigenvalue weighted by atomic mass is 32.2. The van der Waals surface area contributed by atoms with Gasteiger partial charge in [0.1, 0.15) is 0 Å². The fraction of sp³-hybridized carbons (Fsp3) is 0.238. The first-order valence-electron chi connectivity index (χ1n) is 9.43. The van der Waals surface area contributed by atoms with Gasteiger partial charge in [0.15, 0.2) is 0 Å². The van der Waals surface area contributed by atoms with Crippen molar-refractivity contribution in [3.63, 3.8) is 0 Å². The second-order valence-corrected chi connectivity index (χ2v) is 7.46. The highest BCUT2D eigenvalue weighted by Crippen LogP contribution is 2.21. The van der Waals surface area contributed by atoms with Crippen LogP contribution in [-0.4, -0.2) is 33.1 Å². The van der Waals surface area contributed by atoms with Gasteiger partial charge in [0, 0.05) is 5.69 Å². The molecule has 0 aliphatic carbocycles. The molecule has 0 unspecified atom stereocenters. The van der Waals surface area contributed by atoms with Crippen LogP contribution in [0.2, 0.25) is 0 Å². The van der Waals surface area contributed by atoms with Gasteiger partial charge in [-0.25, -0.2) is 10.5 Å². The van der Waals surface area contributed by atoms with E-state index in [1.807, 2.05) is 42.5 Å². The van der Waals surface area contributed by atoms with E-state index >= 15 is 0 Å². The van der Waals surface area contributed by atoms with E-state index in [0.717, 1.165) is 17.7 Å². The van der Waals surface area contributed by atoms with Gasteiger partial charge in [0.25, 0.3) is 0 Å². The Bertz CT molecular complexity index is 939. The summed E-state index contributed by atoms with van der Waals surface area (Å²) >= 11 is 1.25. The van der Waals surface area contributed by atoms with Gasteiger partial charge in [-0.2, -0.15) is 10.1 Å². The summed E-state index contributed by atoms with van der Waals surface area (Å²) in [7, 11) is 0. The van der Waals surface area contributed by atoms with Crippen LogP contribution in [0.15, 0.2) is 64.9 Å². The topological polar surface area (TPSA) is 95.1 Å². The molecule has 8 heteroatoms. The van der Waals surface area contributed by atoms with E-state index < -0.39 is 0 Å². The van der Waals surface area contributed by atoms with E-state index in [2.05, 4.69) is 57.0 Å². The average molecular weight is 409 g/mol. The number of carbonyl (C=O) groups excluding carboxylic acids is 1. The molecule has 0 saturated heterocycles. The summed E-state index contributed by atoms with van der Waals surface area (Å²) in [6.45, 7) is 4.36. The van der Waals surface area contributed by atoms with Crippen molar-refractivity contribution in [3.8, 4) is 0 Å². The van der Waals surface area contributed by atoms with Crippen LogP contribution in [0, 0.1) is 0 Å². The molecule has 2 aromatic carbocycles. The smallest absolute Gasteiger partial charge is 0.240 e. The Labute approximate surface area is 174 Å². The molecule has 29 heavy (non-hydrogen) atoms. The third-order valence-corrected chi connectivity index (χ3v) is 5.20. The van der Waals surface area contributed by atoms with E-state index in [1.165, 1.54) is 17.3 Å². The molecule has 1 atom stereocenters. The monoisotopic (exact) mass is 408 g/mol. The predicted molar refractivity (Wildman–Crippen MR) is 119 cm³/mol. The first-order valence-corrected chi connectivity index (χ1v) is 10.4. The number of thioether (sulfide) groups is 1. The molecule has 0 saturated carbocycles. The molecule has 1 amide bonds. The number of aromatic amines is 1. The van der Waals surface area contributed by atoms with Gasteiger partial charge in [0.05, 0.1) is 12.0 Å². The van der Waals surface area contributed by atoms with Gasteiger partial charge in [-0.05, 0) is 35.6 Å². The summed E-state index contributed by atoms with van der Waals surface area (Å²) in [5.41, 5.74) is 5.82. The van der Waals surface area contributed by atoms with Crippen molar-refractivity contribution < 1.29 is 4.79 Å². The third-order valence-electron chi connectivity index (χ3n) is 4.36. The molecule has 0 radical (unpaired) electrons. The molecule has 1 heterocycles. The largest absolute Gasteiger partial charge is 0.325 e. The number of hydrogen-bond donors (Lipinski definition) is 3. The van der Waals surface area contributed by atoms with E-state index in [9.17, 15) is 4.79 Å². The average Bonchev–Trinajstić information content (AvgIpc) is 3.21. The Morgan fingerprint density at radius 3 is 2.69 bits per heavy atom. The van der Waals surface area contributed by atoms with E-state index in [-0.39, 0.29) is 11.7 Å². The van der Waals surface area contributed by atoms with Crippen LogP contribution in [0.3, 0.4) is 0 Å². The lowest BCUT2D eigenvalue weighted by molar-refractivity contribution is -0.113. The second-order valence-electron chi connectivity index (χ2n) is 6.52. The predicted octanol–water partition coefficient (Wildman–Crippen LogP) is 4.50. The van der Waals surface area contributed by atoms with Crippen molar-refractivity contribution >= 4 is 35.5 Å². The quantitative estimate of drug-likeness (QED) is 0.275. The van der Waals surface area contributed by atoms with E-state index in [0.29, 0.717) is 17.0 Å². The van der Waals surface area contributed by atoms with Gasteiger partial charge in [-0.15, -0.1) is 5.10 Å². The summed E-state index contributed by atoms with van der Waals surface area (Å²) in [6.07, 6.45) is 2.78. The van der Waals surface area contributed by atoms with Crippen molar-refractivity contribution in [3.05, 3.63) is 65.7 Å². The molecule has 0 spiro atoms. The summed E-state index contributed by atoms with van der Waals surface area (Å²) in [5.74, 6) is 1.05. The zero-order valence-corrected chi connectivity index (χ0v) is 17.2. The first kappa shape index (κ1) is 20.6. The van der Waals surface area contributed by atoms with Gasteiger partial charge in [-0.3, -0.25) is 4.79 Å². The zero-order valence-electron chi connectivity index (χ0n) is 16.4. The number of hydrogen-bond acceptors (Lipinski definition) is 6. The molecule has 3 N–H and O–H groups in total. The van der Waals surface area contributed by atoms with Crippen LogP contribution in [-0.2, 0) is 4.79 Å². The summed E-state index contributed by atoms with van der Waals surface area (Å²) < 4.78 is 0. The Morgan fingerprint density at radius 1 is 1.21 bits per heavy atom.